The maximum Gasteiger partial charge on any atom is 0.254 e. The molecule has 102 valence electrons. The lowest BCUT2D eigenvalue weighted by atomic mass is 9.92. The van der Waals surface area contributed by atoms with Crippen LogP contribution in [0.2, 0.25) is 5.15 Å². The van der Waals surface area contributed by atoms with Crippen LogP contribution in [-0.4, -0.2) is 34.3 Å². The molecule has 0 spiro atoms. The molecule has 2 unspecified atom stereocenters. The van der Waals surface area contributed by atoms with E-state index in [2.05, 4.69) is 4.98 Å². The molecule has 19 heavy (non-hydrogen) atoms. The first-order valence-electron chi connectivity index (χ1n) is 6.21. The zero-order chi connectivity index (χ0) is 14.0. The maximum absolute atomic E-state index is 12.4. The van der Waals surface area contributed by atoms with E-state index in [0.29, 0.717) is 12.1 Å². The molecule has 2 atom stereocenters. The molecule has 1 aliphatic rings. The summed E-state index contributed by atoms with van der Waals surface area (Å²) in [7, 11) is 0. The molecule has 0 bridgehead atoms. The van der Waals surface area contributed by atoms with Gasteiger partial charge in [-0.25, -0.2) is 4.98 Å². The Morgan fingerprint density at radius 3 is 2.84 bits per heavy atom. The van der Waals surface area contributed by atoms with E-state index in [0.717, 1.165) is 12.8 Å². The lowest BCUT2D eigenvalue weighted by molar-refractivity contribution is -0.123. The smallest absolute Gasteiger partial charge is 0.254 e. The summed E-state index contributed by atoms with van der Waals surface area (Å²) in [5.41, 5.74) is 5.81. The number of nitrogens with two attached hydrogens (primary N) is 1. The number of hydrogen-bond donors (Lipinski definition) is 1. The van der Waals surface area contributed by atoms with Crippen molar-refractivity contribution in [1.29, 1.82) is 0 Å². The Morgan fingerprint density at radius 1 is 1.47 bits per heavy atom. The predicted octanol–water partition coefficient (Wildman–Crippen LogP) is 1.46. The zero-order valence-corrected chi connectivity index (χ0v) is 11.4. The number of piperidine rings is 1. The van der Waals surface area contributed by atoms with Crippen molar-refractivity contribution < 1.29 is 9.59 Å². The number of aromatic nitrogens is 1. The molecule has 1 aromatic heterocycles. The molecule has 2 heterocycles. The van der Waals surface area contributed by atoms with E-state index in [-0.39, 0.29) is 28.9 Å². The van der Waals surface area contributed by atoms with E-state index in [1.165, 1.54) is 12.3 Å². The van der Waals surface area contributed by atoms with Gasteiger partial charge in [-0.1, -0.05) is 11.6 Å². The van der Waals surface area contributed by atoms with Crippen molar-refractivity contribution in [2.45, 2.75) is 25.8 Å². The predicted molar refractivity (Wildman–Crippen MR) is 71.7 cm³/mol. The second-order valence-electron chi connectivity index (χ2n) is 4.85. The highest BCUT2D eigenvalue weighted by atomic mass is 35.5. The van der Waals surface area contributed by atoms with E-state index >= 15 is 0 Å². The summed E-state index contributed by atoms with van der Waals surface area (Å²) >= 11 is 5.79. The molecule has 0 aromatic carbocycles. The van der Waals surface area contributed by atoms with E-state index < -0.39 is 0 Å². The largest absolute Gasteiger partial charge is 0.369 e. The van der Waals surface area contributed by atoms with Gasteiger partial charge in [-0.3, -0.25) is 9.59 Å². The van der Waals surface area contributed by atoms with Gasteiger partial charge in [0.1, 0.15) is 5.15 Å². The Kier molecular flexibility index (Phi) is 4.04. The lowest BCUT2D eigenvalue weighted by Gasteiger charge is -2.37. The Hall–Kier alpha value is -1.62. The standard InChI is InChI=1S/C13H16ClN3O2/c1-8-2-3-10(12(15)18)7-17(8)13(19)9-4-5-16-11(14)6-9/h4-6,8,10H,2-3,7H2,1H3,(H2,15,18). The molecule has 1 aliphatic heterocycles. The first-order valence-corrected chi connectivity index (χ1v) is 6.58. The number of carbonyl (C=O) groups excluding carboxylic acids is 2. The number of primary amides is 1. The van der Waals surface area contributed by atoms with Crippen LogP contribution in [0, 0.1) is 5.92 Å². The minimum Gasteiger partial charge on any atom is -0.369 e. The molecular formula is C13H16ClN3O2. The zero-order valence-electron chi connectivity index (χ0n) is 10.7. The van der Waals surface area contributed by atoms with Crippen LogP contribution in [0.25, 0.3) is 0 Å². The van der Waals surface area contributed by atoms with Gasteiger partial charge in [0.2, 0.25) is 5.91 Å². The van der Waals surface area contributed by atoms with Gasteiger partial charge < -0.3 is 10.6 Å². The molecule has 1 aromatic rings. The summed E-state index contributed by atoms with van der Waals surface area (Å²) in [5, 5.41) is 0.280. The number of likely N-dealkylation sites (tertiary alicyclic amines) is 1. The fourth-order valence-electron chi connectivity index (χ4n) is 2.32. The SMILES string of the molecule is CC1CCC(C(N)=O)CN1C(=O)c1ccnc(Cl)c1. The van der Waals surface area contributed by atoms with Crippen molar-refractivity contribution >= 4 is 23.4 Å². The summed E-state index contributed by atoms with van der Waals surface area (Å²) in [6, 6.07) is 3.24. The van der Waals surface area contributed by atoms with Crippen molar-refractivity contribution in [2.75, 3.05) is 6.54 Å². The molecule has 0 radical (unpaired) electrons. The number of hydrogen-bond acceptors (Lipinski definition) is 3. The van der Waals surface area contributed by atoms with Crippen molar-refractivity contribution in [3.63, 3.8) is 0 Å². The first kappa shape index (κ1) is 13.8. The summed E-state index contributed by atoms with van der Waals surface area (Å²) in [5.74, 6) is -0.752. The number of halogens is 1. The number of amides is 2. The van der Waals surface area contributed by atoms with Crippen LogP contribution >= 0.6 is 11.6 Å². The molecule has 1 saturated heterocycles. The molecule has 2 amide bonds. The second kappa shape index (κ2) is 5.57. The minimum atomic E-state index is -0.350. The average Bonchev–Trinajstić information content (AvgIpc) is 2.38. The topological polar surface area (TPSA) is 76.3 Å². The van der Waals surface area contributed by atoms with Gasteiger partial charge in [0, 0.05) is 24.3 Å². The third-order valence-electron chi connectivity index (χ3n) is 3.52. The van der Waals surface area contributed by atoms with Crippen molar-refractivity contribution in [2.24, 2.45) is 11.7 Å². The van der Waals surface area contributed by atoms with Crippen molar-refractivity contribution in [3.05, 3.63) is 29.0 Å². The van der Waals surface area contributed by atoms with Gasteiger partial charge in [0.05, 0.1) is 5.92 Å². The fraction of sp³-hybridized carbons (Fsp3) is 0.462. The minimum absolute atomic E-state index is 0.0926. The quantitative estimate of drug-likeness (QED) is 0.834. The van der Waals surface area contributed by atoms with Gasteiger partial charge in [0.25, 0.3) is 5.91 Å². The summed E-state index contributed by atoms with van der Waals surface area (Å²) in [6.45, 7) is 2.34. The van der Waals surface area contributed by atoms with E-state index in [4.69, 9.17) is 17.3 Å². The normalized spacial score (nSPS) is 23.2. The highest BCUT2D eigenvalue weighted by Crippen LogP contribution is 2.23. The highest BCUT2D eigenvalue weighted by molar-refractivity contribution is 6.29. The van der Waals surface area contributed by atoms with Crippen LogP contribution in [0.15, 0.2) is 18.3 Å². The fourth-order valence-corrected chi connectivity index (χ4v) is 2.50. The third kappa shape index (κ3) is 3.04. The van der Waals surface area contributed by atoms with Gasteiger partial charge in [-0.05, 0) is 31.9 Å². The van der Waals surface area contributed by atoms with E-state index in [1.807, 2.05) is 6.92 Å². The molecule has 0 aliphatic carbocycles. The molecule has 2 N–H and O–H groups in total. The lowest BCUT2D eigenvalue weighted by Crippen LogP contribution is -2.48. The van der Waals surface area contributed by atoms with Crippen LogP contribution in [0.5, 0.6) is 0 Å². The van der Waals surface area contributed by atoms with Crippen molar-refractivity contribution in [3.8, 4) is 0 Å². The van der Waals surface area contributed by atoms with Crippen LogP contribution in [0.3, 0.4) is 0 Å². The van der Waals surface area contributed by atoms with Crippen LogP contribution < -0.4 is 5.73 Å². The number of rotatable bonds is 2. The van der Waals surface area contributed by atoms with Gasteiger partial charge in [0.15, 0.2) is 0 Å². The summed E-state index contributed by atoms with van der Waals surface area (Å²) in [6.07, 6.45) is 3.01. The molecule has 5 nitrogen and oxygen atoms in total. The average molecular weight is 282 g/mol. The van der Waals surface area contributed by atoms with Crippen LogP contribution in [0.1, 0.15) is 30.1 Å². The van der Waals surface area contributed by atoms with E-state index in [1.54, 1.807) is 11.0 Å². The first-order chi connectivity index (χ1) is 8.99. The molecular weight excluding hydrogens is 266 g/mol. The Labute approximate surface area is 116 Å². The van der Waals surface area contributed by atoms with Crippen LogP contribution in [-0.2, 0) is 4.79 Å². The monoisotopic (exact) mass is 281 g/mol. The van der Waals surface area contributed by atoms with Gasteiger partial charge in [-0.15, -0.1) is 0 Å². The number of nitrogens with zero attached hydrogens (tertiary/aromatic N) is 2. The molecule has 2 rings (SSSR count). The Balaban J connectivity index is 2.19. The number of carbonyl (C=O) groups is 2. The second-order valence-corrected chi connectivity index (χ2v) is 5.24. The molecule has 6 heteroatoms. The van der Waals surface area contributed by atoms with Gasteiger partial charge >= 0.3 is 0 Å². The Bertz CT molecular complexity index is 506. The van der Waals surface area contributed by atoms with Crippen LogP contribution in [0.4, 0.5) is 0 Å². The summed E-state index contributed by atoms with van der Waals surface area (Å²) < 4.78 is 0. The maximum atomic E-state index is 12.4. The number of pyridine rings is 1. The molecule has 0 saturated carbocycles. The molecule has 1 fully saturated rings. The third-order valence-corrected chi connectivity index (χ3v) is 3.73. The van der Waals surface area contributed by atoms with E-state index in [9.17, 15) is 9.59 Å². The highest BCUT2D eigenvalue weighted by Gasteiger charge is 2.32. The van der Waals surface area contributed by atoms with Gasteiger partial charge in [-0.2, -0.15) is 0 Å². The van der Waals surface area contributed by atoms with Crippen molar-refractivity contribution in [1.82, 2.24) is 9.88 Å². The summed E-state index contributed by atoms with van der Waals surface area (Å²) in [4.78, 5) is 29.2. The Morgan fingerprint density at radius 2 is 2.21 bits per heavy atom.